The van der Waals surface area contributed by atoms with Gasteiger partial charge in [0.15, 0.2) is 5.76 Å². The summed E-state index contributed by atoms with van der Waals surface area (Å²) in [6, 6.07) is 24.4. The molecule has 3 aromatic carbocycles. The van der Waals surface area contributed by atoms with Crippen LogP contribution in [-0.4, -0.2) is 23.8 Å². The van der Waals surface area contributed by atoms with Crippen LogP contribution in [0.1, 0.15) is 58.5 Å². The molecule has 0 saturated carbocycles. The number of hydrogen-bond acceptors (Lipinski definition) is 5. The number of nitrogens with two attached hydrogens (primary N) is 1. The minimum absolute atomic E-state index is 0.0669. The lowest BCUT2D eigenvalue weighted by Crippen LogP contribution is -2.47. The Hall–Kier alpha value is -4.56. The summed E-state index contributed by atoms with van der Waals surface area (Å²) in [5.41, 5.74) is 8.13. The van der Waals surface area contributed by atoms with Crippen LogP contribution in [0.3, 0.4) is 0 Å². The van der Waals surface area contributed by atoms with E-state index in [4.69, 9.17) is 26.5 Å². The number of primary amides is 1. The summed E-state index contributed by atoms with van der Waals surface area (Å²) in [5.74, 6) is 0.180. The highest BCUT2D eigenvalue weighted by Gasteiger charge is 2.38. The number of furan rings is 1. The lowest BCUT2D eigenvalue weighted by atomic mass is 9.89. The van der Waals surface area contributed by atoms with Crippen LogP contribution in [0.5, 0.6) is 5.75 Å². The number of fused-ring (bicyclic) bond motifs is 1. The van der Waals surface area contributed by atoms with E-state index in [-0.39, 0.29) is 36.3 Å². The fraction of sp³-hybridized carbons (Fsp3) is 0.194. The van der Waals surface area contributed by atoms with Gasteiger partial charge in [-0.15, -0.1) is 0 Å². The fourth-order valence-corrected chi connectivity index (χ4v) is 5.22. The number of rotatable bonds is 7. The van der Waals surface area contributed by atoms with Gasteiger partial charge in [-0.25, -0.2) is 0 Å². The summed E-state index contributed by atoms with van der Waals surface area (Å²) in [6.07, 6.45) is 0.558. The van der Waals surface area contributed by atoms with Crippen molar-refractivity contribution >= 4 is 40.7 Å². The molecule has 40 heavy (non-hydrogen) atoms. The highest BCUT2D eigenvalue weighted by atomic mass is 35.5. The number of para-hydroxylation sites is 1. The number of benzene rings is 3. The molecule has 1 aromatic heterocycles. The maximum atomic E-state index is 13.8. The first-order chi connectivity index (χ1) is 19.2. The smallest absolute Gasteiger partial charge is 0.284 e. The van der Waals surface area contributed by atoms with Crippen molar-refractivity contribution in [2.75, 3.05) is 9.80 Å². The Labute approximate surface area is 236 Å². The predicted molar refractivity (Wildman–Crippen MR) is 153 cm³/mol. The van der Waals surface area contributed by atoms with Gasteiger partial charge in [0.2, 0.25) is 5.91 Å². The van der Waals surface area contributed by atoms with Crippen LogP contribution in [0.4, 0.5) is 11.4 Å². The third kappa shape index (κ3) is 5.44. The number of ether oxygens (including phenoxy) is 1. The molecule has 0 saturated heterocycles. The standard InChI is InChI=1S/C31H28ClN3O5/c1-19-17-28(35(20(2)36)23-11-9-22(32)10-12-23)26-5-3-4-6-27(26)34(19)31(38)21-7-13-24(14-8-21)39-18-25-15-16-29(40-25)30(33)37/h3-16,19,28H,17-18H2,1-2H3,(H2,33,37). The van der Waals surface area contributed by atoms with E-state index < -0.39 is 5.91 Å². The van der Waals surface area contributed by atoms with Crippen LogP contribution >= 0.6 is 11.6 Å². The Morgan fingerprint density at radius 2 is 1.70 bits per heavy atom. The van der Waals surface area contributed by atoms with Crippen molar-refractivity contribution in [1.29, 1.82) is 0 Å². The minimum Gasteiger partial charge on any atom is -0.486 e. The summed E-state index contributed by atoms with van der Waals surface area (Å²) in [6.45, 7) is 3.65. The normalized spacial score (nSPS) is 16.2. The molecule has 204 valence electrons. The van der Waals surface area contributed by atoms with Crippen LogP contribution in [-0.2, 0) is 11.4 Å². The summed E-state index contributed by atoms with van der Waals surface area (Å²) < 4.78 is 11.1. The molecule has 0 aliphatic carbocycles. The molecular formula is C31H28ClN3O5. The van der Waals surface area contributed by atoms with Gasteiger partial charge in [-0.05, 0) is 85.6 Å². The molecule has 0 fully saturated rings. The van der Waals surface area contributed by atoms with E-state index in [1.807, 2.05) is 43.3 Å². The summed E-state index contributed by atoms with van der Waals surface area (Å²) in [7, 11) is 0. The Morgan fingerprint density at radius 3 is 2.35 bits per heavy atom. The lowest BCUT2D eigenvalue weighted by Gasteiger charge is -2.43. The van der Waals surface area contributed by atoms with Crippen molar-refractivity contribution in [2.45, 2.75) is 39.0 Å². The van der Waals surface area contributed by atoms with E-state index in [2.05, 4.69) is 0 Å². The van der Waals surface area contributed by atoms with Crippen molar-refractivity contribution in [3.05, 3.63) is 113 Å². The maximum Gasteiger partial charge on any atom is 0.284 e. The number of nitrogens with zero attached hydrogens (tertiary/aromatic N) is 2. The average Bonchev–Trinajstić information content (AvgIpc) is 3.43. The second-order valence-electron chi connectivity index (χ2n) is 9.64. The van der Waals surface area contributed by atoms with Crippen LogP contribution in [0.15, 0.2) is 89.3 Å². The molecule has 0 spiro atoms. The van der Waals surface area contributed by atoms with Crippen molar-refractivity contribution < 1.29 is 23.5 Å². The van der Waals surface area contributed by atoms with E-state index >= 15 is 0 Å². The molecule has 2 heterocycles. The number of hydrogen-bond donors (Lipinski definition) is 1. The highest BCUT2D eigenvalue weighted by molar-refractivity contribution is 6.30. The molecule has 8 nitrogen and oxygen atoms in total. The average molecular weight is 558 g/mol. The van der Waals surface area contributed by atoms with Crippen molar-refractivity contribution in [2.24, 2.45) is 5.73 Å². The number of halogens is 1. The van der Waals surface area contributed by atoms with Gasteiger partial charge < -0.3 is 24.7 Å². The fourth-order valence-electron chi connectivity index (χ4n) is 5.09. The largest absolute Gasteiger partial charge is 0.486 e. The van der Waals surface area contributed by atoms with Crippen LogP contribution in [0.25, 0.3) is 0 Å². The zero-order valence-electron chi connectivity index (χ0n) is 22.0. The van der Waals surface area contributed by atoms with Gasteiger partial charge in [-0.3, -0.25) is 14.4 Å². The predicted octanol–water partition coefficient (Wildman–Crippen LogP) is 6.14. The third-order valence-electron chi connectivity index (χ3n) is 6.92. The van der Waals surface area contributed by atoms with Gasteiger partial charge in [0.25, 0.3) is 11.8 Å². The first-order valence-electron chi connectivity index (χ1n) is 12.8. The van der Waals surface area contributed by atoms with Crippen LogP contribution in [0, 0.1) is 0 Å². The van der Waals surface area contributed by atoms with E-state index in [0.29, 0.717) is 28.5 Å². The Kier molecular flexibility index (Phi) is 7.62. The van der Waals surface area contributed by atoms with Gasteiger partial charge in [0.1, 0.15) is 18.1 Å². The van der Waals surface area contributed by atoms with E-state index in [1.165, 1.54) is 6.07 Å². The second-order valence-corrected chi connectivity index (χ2v) is 10.1. The second kappa shape index (κ2) is 11.3. The van der Waals surface area contributed by atoms with Gasteiger partial charge in [-0.2, -0.15) is 0 Å². The Balaban J connectivity index is 1.37. The topological polar surface area (TPSA) is 106 Å². The molecule has 1 aliphatic heterocycles. The van der Waals surface area contributed by atoms with Crippen molar-refractivity contribution in [1.82, 2.24) is 0 Å². The molecule has 0 bridgehead atoms. The number of anilines is 2. The Morgan fingerprint density at radius 1 is 1.00 bits per heavy atom. The molecule has 0 radical (unpaired) electrons. The van der Waals surface area contributed by atoms with E-state index in [1.54, 1.807) is 59.2 Å². The monoisotopic (exact) mass is 557 g/mol. The molecule has 2 N–H and O–H groups in total. The summed E-state index contributed by atoms with van der Waals surface area (Å²) >= 11 is 6.09. The molecule has 1 aliphatic rings. The Bertz CT molecular complexity index is 1550. The third-order valence-corrected chi connectivity index (χ3v) is 7.17. The summed E-state index contributed by atoms with van der Waals surface area (Å²) in [5, 5.41) is 0.594. The molecule has 2 unspecified atom stereocenters. The number of amides is 3. The first-order valence-corrected chi connectivity index (χ1v) is 13.2. The van der Waals surface area contributed by atoms with Gasteiger partial charge in [-0.1, -0.05) is 29.8 Å². The zero-order valence-corrected chi connectivity index (χ0v) is 22.8. The molecule has 9 heteroatoms. The molecular weight excluding hydrogens is 530 g/mol. The molecule has 5 rings (SSSR count). The first kappa shape index (κ1) is 27.0. The number of carbonyl (C=O) groups is 3. The summed E-state index contributed by atoms with van der Waals surface area (Å²) in [4.78, 5) is 41.4. The van der Waals surface area contributed by atoms with Crippen molar-refractivity contribution in [3.63, 3.8) is 0 Å². The van der Waals surface area contributed by atoms with Gasteiger partial charge in [0, 0.05) is 34.9 Å². The SMILES string of the molecule is CC(=O)N(c1ccc(Cl)cc1)C1CC(C)N(C(=O)c2ccc(OCc3ccc(C(N)=O)o3)cc2)c2ccccc21. The van der Waals surface area contributed by atoms with E-state index in [0.717, 1.165) is 16.9 Å². The lowest BCUT2D eigenvalue weighted by molar-refractivity contribution is -0.117. The van der Waals surface area contributed by atoms with Crippen LogP contribution < -0.4 is 20.3 Å². The molecule has 4 aromatic rings. The number of carbonyl (C=O) groups excluding carboxylic acids is 3. The quantitative estimate of drug-likeness (QED) is 0.293. The molecule has 2 atom stereocenters. The van der Waals surface area contributed by atoms with Gasteiger partial charge in [0.05, 0.1) is 6.04 Å². The minimum atomic E-state index is -0.645. The maximum absolute atomic E-state index is 13.8. The molecule has 3 amide bonds. The van der Waals surface area contributed by atoms with Crippen molar-refractivity contribution in [3.8, 4) is 5.75 Å². The van der Waals surface area contributed by atoms with Gasteiger partial charge >= 0.3 is 0 Å². The van der Waals surface area contributed by atoms with Crippen LogP contribution in [0.2, 0.25) is 5.02 Å². The van der Waals surface area contributed by atoms with E-state index in [9.17, 15) is 14.4 Å². The highest BCUT2D eigenvalue weighted by Crippen LogP contribution is 2.43. The zero-order chi connectivity index (χ0) is 28.4.